The zero-order valence-electron chi connectivity index (χ0n) is 20.1. The molecule has 1 aromatic carbocycles. The first-order valence-electron chi connectivity index (χ1n) is 12.4. The lowest BCUT2D eigenvalue weighted by molar-refractivity contribution is 0.0867. The molecule has 2 aliphatic carbocycles. The van der Waals surface area contributed by atoms with Crippen LogP contribution in [0.25, 0.3) is 0 Å². The predicted octanol–water partition coefficient (Wildman–Crippen LogP) is 3.43. The summed E-state index contributed by atoms with van der Waals surface area (Å²) in [5.41, 5.74) is 3.08. The van der Waals surface area contributed by atoms with Gasteiger partial charge in [-0.3, -0.25) is 4.79 Å². The molecule has 3 aliphatic rings. The van der Waals surface area contributed by atoms with Crippen LogP contribution in [0.5, 0.6) is 5.75 Å². The molecule has 0 radical (unpaired) electrons. The van der Waals surface area contributed by atoms with Crippen LogP contribution in [-0.2, 0) is 6.54 Å². The van der Waals surface area contributed by atoms with E-state index < -0.39 is 0 Å². The number of aryl methyl sites for hydroxylation is 1. The SMILES string of the molecule is COc1ccc(CNc2nc(N3CCC4(CC4)C3)ncc2C(=O)NC2CCC(O)CC2)cc1C. The largest absolute Gasteiger partial charge is 0.496 e. The van der Waals surface area contributed by atoms with Crippen LogP contribution in [0.15, 0.2) is 24.4 Å². The van der Waals surface area contributed by atoms with Gasteiger partial charge in [-0.1, -0.05) is 12.1 Å². The third-order valence-corrected chi connectivity index (χ3v) is 7.65. The Labute approximate surface area is 201 Å². The van der Waals surface area contributed by atoms with Gasteiger partial charge in [-0.2, -0.15) is 4.98 Å². The Morgan fingerprint density at radius 2 is 2.03 bits per heavy atom. The van der Waals surface area contributed by atoms with Crippen LogP contribution in [0.3, 0.4) is 0 Å². The molecule has 1 spiro atoms. The molecular weight excluding hydrogens is 430 g/mol. The minimum atomic E-state index is -0.254. The smallest absolute Gasteiger partial charge is 0.256 e. The number of hydrogen-bond donors (Lipinski definition) is 3. The maximum Gasteiger partial charge on any atom is 0.256 e. The van der Waals surface area contributed by atoms with Crippen LogP contribution in [-0.4, -0.2) is 53.3 Å². The molecule has 1 amide bonds. The van der Waals surface area contributed by atoms with Gasteiger partial charge in [0.1, 0.15) is 17.1 Å². The summed E-state index contributed by atoms with van der Waals surface area (Å²) in [6.07, 6.45) is 8.21. The minimum absolute atomic E-state index is 0.0703. The Morgan fingerprint density at radius 3 is 2.71 bits per heavy atom. The lowest BCUT2D eigenvalue weighted by Crippen LogP contribution is -2.39. The number of hydrogen-bond acceptors (Lipinski definition) is 7. The van der Waals surface area contributed by atoms with Gasteiger partial charge in [-0.25, -0.2) is 4.98 Å². The van der Waals surface area contributed by atoms with Gasteiger partial charge in [-0.15, -0.1) is 0 Å². The topological polar surface area (TPSA) is 99.6 Å². The summed E-state index contributed by atoms with van der Waals surface area (Å²) < 4.78 is 5.37. The fraction of sp³-hybridized carbons (Fsp3) is 0.577. The average molecular weight is 466 g/mol. The molecule has 182 valence electrons. The molecule has 2 heterocycles. The Bertz CT molecular complexity index is 1050. The van der Waals surface area contributed by atoms with E-state index in [0.717, 1.165) is 55.6 Å². The zero-order chi connectivity index (χ0) is 23.7. The van der Waals surface area contributed by atoms with Crippen LogP contribution >= 0.6 is 0 Å². The molecular formula is C26H35N5O3. The quantitative estimate of drug-likeness (QED) is 0.576. The van der Waals surface area contributed by atoms with Crippen molar-refractivity contribution in [1.29, 1.82) is 0 Å². The fourth-order valence-electron chi connectivity index (χ4n) is 5.24. The van der Waals surface area contributed by atoms with Gasteiger partial charge < -0.3 is 25.4 Å². The number of methoxy groups -OCH3 is 1. The number of benzene rings is 1. The predicted molar refractivity (Wildman–Crippen MR) is 131 cm³/mol. The van der Waals surface area contributed by atoms with Gasteiger partial charge in [0.25, 0.3) is 5.91 Å². The van der Waals surface area contributed by atoms with Crippen molar-refractivity contribution in [3.63, 3.8) is 0 Å². The number of aliphatic hydroxyl groups is 1. The minimum Gasteiger partial charge on any atom is -0.496 e. The monoisotopic (exact) mass is 465 g/mol. The van der Waals surface area contributed by atoms with Crippen LogP contribution < -0.4 is 20.3 Å². The van der Waals surface area contributed by atoms with Crippen molar-refractivity contribution in [3.05, 3.63) is 41.1 Å². The van der Waals surface area contributed by atoms with E-state index in [1.807, 2.05) is 19.1 Å². The van der Waals surface area contributed by atoms with Crippen LogP contribution in [0.2, 0.25) is 0 Å². The second-order valence-corrected chi connectivity index (χ2v) is 10.2. The molecule has 5 rings (SSSR count). The van der Waals surface area contributed by atoms with E-state index in [-0.39, 0.29) is 18.1 Å². The van der Waals surface area contributed by atoms with E-state index in [4.69, 9.17) is 9.72 Å². The van der Waals surface area contributed by atoms with Crippen LogP contribution in [0.4, 0.5) is 11.8 Å². The number of carbonyl (C=O) groups excluding carboxylic acids is 1. The number of aromatic nitrogens is 2. The number of aliphatic hydroxyl groups excluding tert-OH is 1. The summed E-state index contributed by atoms with van der Waals surface area (Å²) >= 11 is 0. The zero-order valence-corrected chi connectivity index (χ0v) is 20.1. The highest BCUT2D eigenvalue weighted by molar-refractivity contribution is 5.98. The number of ether oxygens (including phenoxy) is 1. The highest BCUT2D eigenvalue weighted by Gasteiger charge is 2.48. The maximum absolute atomic E-state index is 13.2. The van der Waals surface area contributed by atoms with Crippen molar-refractivity contribution < 1.29 is 14.6 Å². The molecule has 3 N–H and O–H groups in total. The standard InChI is InChI=1S/C26H35N5O3/c1-17-13-18(3-8-22(17)34-2)14-27-23-21(24(33)29-19-4-6-20(32)7-5-19)15-28-25(30-23)31-12-11-26(16-31)9-10-26/h3,8,13,15,19-20,32H,4-7,9-12,14,16H2,1-2H3,(H,29,33)(H,27,28,30). The summed E-state index contributed by atoms with van der Waals surface area (Å²) in [5.74, 6) is 1.94. The number of amides is 1. The van der Waals surface area contributed by atoms with Gasteiger partial charge in [0, 0.05) is 31.9 Å². The normalized spacial score (nSPS) is 23.1. The molecule has 8 nitrogen and oxygen atoms in total. The van der Waals surface area contributed by atoms with E-state index in [2.05, 4.69) is 26.6 Å². The van der Waals surface area contributed by atoms with E-state index in [9.17, 15) is 9.90 Å². The number of nitrogens with one attached hydrogen (secondary N) is 2. The molecule has 1 aliphatic heterocycles. The summed E-state index contributed by atoms with van der Waals surface area (Å²) in [5, 5.41) is 16.3. The first kappa shape index (κ1) is 22.9. The van der Waals surface area contributed by atoms with E-state index in [1.54, 1.807) is 13.3 Å². The second-order valence-electron chi connectivity index (χ2n) is 10.2. The van der Waals surface area contributed by atoms with Crippen molar-refractivity contribution >= 4 is 17.7 Å². The summed E-state index contributed by atoms with van der Waals surface area (Å²) in [4.78, 5) is 24.8. The molecule has 2 aromatic rings. The average Bonchev–Trinajstić information content (AvgIpc) is 3.47. The van der Waals surface area contributed by atoms with Crippen molar-refractivity contribution in [2.24, 2.45) is 5.41 Å². The first-order chi connectivity index (χ1) is 16.4. The lowest BCUT2D eigenvalue weighted by atomic mass is 9.93. The third-order valence-electron chi connectivity index (χ3n) is 7.65. The Balaban J connectivity index is 1.34. The molecule has 2 saturated carbocycles. The molecule has 1 saturated heterocycles. The fourth-order valence-corrected chi connectivity index (χ4v) is 5.24. The Kier molecular flexibility index (Phi) is 6.34. The van der Waals surface area contributed by atoms with E-state index in [1.165, 1.54) is 19.3 Å². The first-order valence-corrected chi connectivity index (χ1v) is 12.4. The third kappa shape index (κ3) is 4.97. The molecule has 0 unspecified atom stereocenters. The van der Waals surface area contributed by atoms with Gasteiger partial charge >= 0.3 is 0 Å². The molecule has 34 heavy (non-hydrogen) atoms. The Morgan fingerprint density at radius 1 is 1.24 bits per heavy atom. The van der Waals surface area contributed by atoms with Crippen molar-refractivity contribution in [2.45, 2.75) is 70.6 Å². The molecule has 8 heteroatoms. The maximum atomic E-state index is 13.2. The summed E-state index contributed by atoms with van der Waals surface area (Å²) in [6, 6.07) is 6.13. The van der Waals surface area contributed by atoms with Crippen LogP contribution in [0.1, 0.15) is 66.4 Å². The Hall–Kier alpha value is -2.87. The highest BCUT2D eigenvalue weighted by atomic mass is 16.5. The highest BCUT2D eigenvalue weighted by Crippen LogP contribution is 2.53. The number of carbonyl (C=O) groups is 1. The number of nitrogens with zero attached hydrogens (tertiary/aromatic N) is 3. The van der Waals surface area contributed by atoms with Crippen molar-refractivity contribution in [1.82, 2.24) is 15.3 Å². The lowest BCUT2D eigenvalue weighted by Gasteiger charge is -2.26. The van der Waals surface area contributed by atoms with Gasteiger partial charge in [0.05, 0.1) is 13.2 Å². The van der Waals surface area contributed by atoms with E-state index in [0.29, 0.717) is 29.3 Å². The van der Waals surface area contributed by atoms with Crippen molar-refractivity contribution in [2.75, 3.05) is 30.4 Å². The summed E-state index contributed by atoms with van der Waals surface area (Å²) in [7, 11) is 1.67. The molecule has 1 aromatic heterocycles. The second kappa shape index (κ2) is 9.41. The molecule has 3 fully saturated rings. The number of rotatable bonds is 7. The van der Waals surface area contributed by atoms with E-state index >= 15 is 0 Å². The van der Waals surface area contributed by atoms with Crippen LogP contribution in [0, 0.1) is 12.3 Å². The summed E-state index contributed by atoms with van der Waals surface area (Å²) in [6.45, 7) is 4.53. The van der Waals surface area contributed by atoms with Gasteiger partial charge in [0.15, 0.2) is 0 Å². The molecule has 0 atom stereocenters. The molecule has 0 bridgehead atoms. The van der Waals surface area contributed by atoms with Gasteiger partial charge in [-0.05, 0) is 74.5 Å². The number of anilines is 2. The van der Waals surface area contributed by atoms with Crippen molar-refractivity contribution in [3.8, 4) is 5.75 Å². The van der Waals surface area contributed by atoms with Gasteiger partial charge in [0.2, 0.25) is 5.95 Å².